The molecule has 0 unspecified atom stereocenters. The molecule has 0 aliphatic rings. The highest BCUT2D eigenvalue weighted by Crippen LogP contribution is 2.26. The van der Waals surface area contributed by atoms with E-state index in [2.05, 4.69) is 5.32 Å². The maximum Gasteiger partial charge on any atom is 0.284 e. The van der Waals surface area contributed by atoms with Gasteiger partial charge in [-0.3, -0.25) is 4.79 Å². The molecule has 98 valence electrons. The molecule has 0 atom stereocenters. The molecule has 19 heavy (non-hydrogen) atoms. The largest absolute Gasteiger partial charge is 0.497 e. The number of carbonyl (C=O) groups is 1. The summed E-state index contributed by atoms with van der Waals surface area (Å²) in [5, 5.41) is 2.69. The lowest BCUT2D eigenvalue weighted by molar-refractivity contribution is 0.272. The van der Waals surface area contributed by atoms with E-state index in [-0.39, 0.29) is 3.91 Å². The van der Waals surface area contributed by atoms with Crippen LogP contribution >= 0.6 is 22.6 Å². The Balaban J connectivity index is 2.08. The number of halogens is 1. The molecular formula is C14H12INO3. The molecule has 0 saturated heterocycles. The molecule has 1 N–H and O–H groups in total. The van der Waals surface area contributed by atoms with Crippen molar-refractivity contribution >= 4 is 32.2 Å². The van der Waals surface area contributed by atoms with Gasteiger partial charge in [-0.2, -0.15) is 0 Å². The molecule has 0 saturated carbocycles. The first-order chi connectivity index (χ1) is 9.17. The van der Waals surface area contributed by atoms with Crippen molar-refractivity contribution in [2.75, 3.05) is 12.4 Å². The SMILES string of the molecule is COc1cccc(Oc2ccc(NC(=O)I)cc2)c1. The zero-order valence-electron chi connectivity index (χ0n) is 10.2. The number of hydrogen-bond donors (Lipinski definition) is 1. The number of ether oxygens (including phenoxy) is 2. The van der Waals surface area contributed by atoms with E-state index in [1.54, 1.807) is 60.0 Å². The third-order valence-electron chi connectivity index (χ3n) is 2.37. The van der Waals surface area contributed by atoms with Gasteiger partial charge < -0.3 is 14.8 Å². The highest BCUT2D eigenvalue weighted by atomic mass is 127. The standard InChI is InChI=1S/C14H12INO3/c1-18-12-3-2-4-13(9-12)19-11-7-5-10(6-8-11)16-14(15)17/h2-9H,1H3,(H,16,17). The molecule has 0 aromatic heterocycles. The van der Waals surface area contributed by atoms with Crippen molar-refractivity contribution in [3.05, 3.63) is 48.5 Å². The zero-order chi connectivity index (χ0) is 13.7. The van der Waals surface area contributed by atoms with Gasteiger partial charge in [0.15, 0.2) is 0 Å². The van der Waals surface area contributed by atoms with Crippen LogP contribution in [0.5, 0.6) is 17.2 Å². The van der Waals surface area contributed by atoms with Crippen molar-refractivity contribution in [1.82, 2.24) is 0 Å². The summed E-state index contributed by atoms with van der Waals surface area (Å²) in [6, 6.07) is 14.5. The van der Waals surface area contributed by atoms with Gasteiger partial charge in [0.2, 0.25) is 0 Å². The summed E-state index contributed by atoms with van der Waals surface area (Å²) in [5.41, 5.74) is 0.734. The number of methoxy groups -OCH3 is 1. The fraction of sp³-hybridized carbons (Fsp3) is 0.0714. The van der Waals surface area contributed by atoms with Crippen LogP contribution in [-0.4, -0.2) is 11.0 Å². The lowest BCUT2D eigenvalue weighted by atomic mass is 10.3. The maximum absolute atomic E-state index is 10.9. The predicted octanol–water partition coefficient (Wildman–Crippen LogP) is 4.45. The summed E-state index contributed by atoms with van der Waals surface area (Å²) in [6.07, 6.45) is 0. The summed E-state index contributed by atoms with van der Waals surface area (Å²) >= 11 is 1.69. The first kappa shape index (κ1) is 13.7. The Morgan fingerprint density at radius 3 is 2.37 bits per heavy atom. The summed E-state index contributed by atoms with van der Waals surface area (Å²) < 4.78 is 10.7. The Morgan fingerprint density at radius 1 is 1.05 bits per heavy atom. The third-order valence-corrected chi connectivity index (χ3v) is 2.64. The average molecular weight is 369 g/mol. The number of carbonyl (C=O) groups excluding carboxylic acids is 1. The number of benzene rings is 2. The van der Waals surface area contributed by atoms with Crippen molar-refractivity contribution in [3.63, 3.8) is 0 Å². The first-order valence-corrected chi connectivity index (χ1v) is 6.64. The van der Waals surface area contributed by atoms with Crippen LogP contribution < -0.4 is 14.8 Å². The van der Waals surface area contributed by atoms with E-state index in [9.17, 15) is 4.79 Å². The van der Waals surface area contributed by atoms with Crippen LogP contribution in [0.4, 0.5) is 10.5 Å². The summed E-state index contributed by atoms with van der Waals surface area (Å²) in [7, 11) is 1.61. The first-order valence-electron chi connectivity index (χ1n) is 5.56. The Morgan fingerprint density at radius 2 is 1.74 bits per heavy atom. The van der Waals surface area contributed by atoms with Gasteiger partial charge in [-0.1, -0.05) is 6.07 Å². The molecule has 0 aliphatic heterocycles. The zero-order valence-corrected chi connectivity index (χ0v) is 12.4. The van der Waals surface area contributed by atoms with Gasteiger partial charge in [0, 0.05) is 34.3 Å². The normalized spacial score (nSPS) is 9.79. The highest BCUT2D eigenvalue weighted by Gasteiger charge is 2.01. The van der Waals surface area contributed by atoms with E-state index in [1.165, 1.54) is 0 Å². The monoisotopic (exact) mass is 369 g/mol. The molecule has 5 heteroatoms. The minimum Gasteiger partial charge on any atom is -0.497 e. The molecule has 0 bridgehead atoms. The molecule has 0 spiro atoms. The highest BCUT2D eigenvalue weighted by molar-refractivity contribution is 14.1. The smallest absolute Gasteiger partial charge is 0.284 e. The molecule has 0 heterocycles. The molecular weight excluding hydrogens is 357 g/mol. The molecule has 2 rings (SSSR count). The summed E-state index contributed by atoms with van der Waals surface area (Å²) in [4.78, 5) is 10.9. The van der Waals surface area contributed by atoms with Gasteiger partial charge >= 0.3 is 0 Å². The Bertz CT molecular complexity index is 569. The quantitative estimate of drug-likeness (QED) is 0.492. The minimum atomic E-state index is -0.126. The fourth-order valence-corrected chi connectivity index (χ4v) is 1.83. The van der Waals surface area contributed by atoms with Crippen molar-refractivity contribution in [3.8, 4) is 17.2 Å². The van der Waals surface area contributed by atoms with Crippen LogP contribution in [-0.2, 0) is 0 Å². The average Bonchev–Trinajstić information content (AvgIpc) is 2.41. The summed E-state index contributed by atoms with van der Waals surface area (Å²) in [6.45, 7) is 0. The Labute approximate surface area is 124 Å². The lowest BCUT2D eigenvalue weighted by Gasteiger charge is -2.08. The van der Waals surface area contributed by atoms with Gasteiger partial charge in [-0.05, 0) is 36.4 Å². The predicted molar refractivity (Wildman–Crippen MR) is 82.5 cm³/mol. The fourth-order valence-electron chi connectivity index (χ4n) is 1.52. The van der Waals surface area contributed by atoms with E-state index in [0.717, 1.165) is 11.4 Å². The van der Waals surface area contributed by atoms with Crippen LogP contribution in [0.15, 0.2) is 48.5 Å². The summed E-state index contributed by atoms with van der Waals surface area (Å²) in [5.74, 6) is 2.14. The molecule has 2 aromatic rings. The Kier molecular flexibility index (Phi) is 4.62. The van der Waals surface area contributed by atoms with Crippen LogP contribution in [0.1, 0.15) is 0 Å². The van der Waals surface area contributed by atoms with Crippen LogP contribution in [0.25, 0.3) is 0 Å². The topological polar surface area (TPSA) is 47.6 Å². The molecule has 1 amide bonds. The number of hydrogen-bond acceptors (Lipinski definition) is 3. The molecule has 2 aromatic carbocycles. The van der Waals surface area contributed by atoms with Gasteiger partial charge in [-0.25, -0.2) is 0 Å². The van der Waals surface area contributed by atoms with E-state index in [1.807, 2.05) is 18.2 Å². The van der Waals surface area contributed by atoms with Crippen LogP contribution in [0.2, 0.25) is 0 Å². The van der Waals surface area contributed by atoms with Crippen LogP contribution in [0, 0.1) is 0 Å². The van der Waals surface area contributed by atoms with E-state index in [0.29, 0.717) is 11.5 Å². The Hall–Kier alpha value is -1.76. The second-order valence-corrected chi connectivity index (χ2v) is 4.68. The van der Waals surface area contributed by atoms with Gasteiger partial charge in [0.05, 0.1) is 7.11 Å². The molecule has 0 radical (unpaired) electrons. The minimum absolute atomic E-state index is 0.126. The number of rotatable bonds is 4. The maximum atomic E-state index is 10.9. The lowest BCUT2D eigenvalue weighted by Crippen LogP contribution is -1.99. The van der Waals surface area contributed by atoms with Gasteiger partial charge in [0.1, 0.15) is 17.2 Å². The van der Waals surface area contributed by atoms with Crippen molar-refractivity contribution < 1.29 is 14.3 Å². The number of anilines is 1. The van der Waals surface area contributed by atoms with E-state index >= 15 is 0 Å². The second-order valence-electron chi connectivity index (χ2n) is 3.70. The molecule has 0 aliphatic carbocycles. The van der Waals surface area contributed by atoms with E-state index in [4.69, 9.17) is 9.47 Å². The second kappa shape index (κ2) is 6.42. The molecule has 4 nitrogen and oxygen atoms in total. The van der Waals surface area contributed by atoms with Crippen molar-refractivity contribution in [1.29, 1.82) is 0 Å². The third kappa shape index (κ3) is 4.13. The van der Waals surface area contributed by atoms with Crippen molar-refractivity contribution in [2.24, 2.45) is 0 Å². The van der Waals surface area contributed by atoms with Gasteiger partial charge in [0.25, 0.3) is 3.91 Å². The van der Waals surface area contributed by atoms with Crippen molar-refractivity contribution in [2.45, 2.75) is 0 Å². The number of amides is 1. The number of nitrogens with one attached hydrogen (secondary N) is 1. The van der Waals surface area contributed by atoms with E-state index < -0.39 is 0 Å². The van der Waals surface area contributed by atoms with Gasteiger partial charge in [-0.15, -0.1) is 0 Å². The molecule has 0 fully saturated rings. The van der Waals surface area contributed by atoms with Crippen LogP contribution in [0.3, 0.4) is 0 Å².